The molecule has 1 heterocycles. The third kappa shape index (κ3) is 2.65. The maximum atomic E-state index is 13.1. The number of aromatic nitrogens is 1. The molecule has 0 fully saturated rings. The second-order valence-electron chi connectivity index (χ2n) is 5.96. The van der Waals surface area contributed by atoms with Crippen LogP contribution in [0.15, 0.2) is 47.4 Å². The first-order valence-electron chi connectivity index (χ1n) is 7.99. The maximum absolute atomic E-state index is 13.1. The van der Waals surface area contributed by atoms with Crippen molar-refractivity contribution in [3.63, 3.8) is 0 Å². The molecule has 1 aromatic heterocycles. The van der Waals surface area contributed by atoms with Gasteiger partial charge in [-0.25, -0.2) is 0 Å². The summed E-state index contributed by atoms with van der Waals surface area (Å²) in [6, 6.07) is 10.9. The predicted octanol–water partition coefficient (Wildman–Crippen LogP) is 2.88. The van der Waals surface area contributed by atoms with Crippen LogP contribution < -0.4 is 11.3 Å². The van der Waals surface area contributed by atoms with Gasteiger partial charge in [0.25, 0.3) is 5.56 Å². The molecular weight excluding hydrogens is 300 g/mol. The minimum absolute atomic E-state index is 0.0638. The van der Waals surface area contributed by atoms with E-state index in [2.05, 4.69) is 4.98 Å². The van der Waals surface area contributed by atoms with E-state index in [0.29, 0.717) is 28.4 Å². The zero-order valence-corrected chi connectivity index (χ0v) is 13.8. The van der Waals surface area contributed by atoms with Crippen molar-refractivity contribution < 1.29 is 4.79 Å². The molecule has 0 spiro atoms. The Hall–Kier alpha value is -2.72. The van der Waals surface area contributed by atoms with Gasteiger partial charge in [0.15, 0.2) is 5.78 Å². The van der Waals surface area contributed by atoms with Crippen LogP contribution in [0.1, 0.15) is 32.6 Å². The lowest BCUT2D eigenvalue weighted by Crippen LogP contribution is -2.11. The first-order chi connectivity index (χ1) is 11.5. The number of ketones is 1. The van der Waals surface area contributed by atoms with Gasteiger partial charge in [-0.15, -0.1) is 0 Å². The topological polar surface area (TPSA) is 76.0 Å². The molecule has 0 radical (unpaired) electrons. The van der Waals surface area contributed by atoms with E-state index in [4.69, 9.17) is 5.73 Å². The van der Waals surface area contributed by atoms with Gasteiger partial charge in [-0.1, -0.05) is 24.3 Å². The quantitative estimate of drug-likeness (QED) is 0.726. The molecule has 0 saturated carbocycles. The number of rotatable bonds is 4. The molecule has 0 atom stereocenters. The Labute approximate surface area is 140 Å². The van der Waals surface area contributed by atoms with Gasteiger partial charge in [-0.2, -0.15) is 0 Å². The number of fused-ring (bicyclic) bond motifs is 1. The molecule has 24 heavy (non-hydrogen) atoms. The Morgan fingerprint density at radius 1 is 1.00 bits per heavy atom. The lowest BCUT2D eigenvalue weighted by molar-refractivity contribution is 0.103. The summed E-state index contributed by atoms with van der Waals surface area (Å²) in [6.07, 6.45) is 2.37. The van der Waals surface area contributed by atoms with Crippen molar-refractivity contribution in [2.45, 2.75) is 20.3 Å². The van der Waals surface area contributed by atoms with Crippen molar-refractivity contribution in [3.05, 3.63) is 80.8 Å². The SMILES string of the molecule is Cc1c(CCN)ccc(C(=O)c2cccc3c(=O)[nH]ccc23)c1C. The average Bonchev–Trinajstić information content (AvgIpc) is 2.59. The van der Waals surface area contributed by atoms with Gasteiger partial charge in [0, 0.05) is 22.7 Å². The van der Waals surface area contributed by atoms with E-state index in [0.717, 1.165) is 17.5 Å². The van der Waals surface area contributed by atoms with Crippen molar-refractivity contribution in [2.24, 2.45) is 5.73 Å². The minimum Gasteiger partial charge on any atom is -0.330 e. The summed E-state index contributed by atoms with van der Waals surface area (Å²) >= 11 is 0. The van der Waals surface area contributed by atoms with E-state index in [-0.39, 0.29) is 11.3 Å². The molecule has 0 aliphatic carbocycles. The van der Waals surface area contributed by atoms with Crippen LogP contribution in [0, 0.1) is 13.8 Å². The number of H-pyrrole nitrogens is 1. The van der Waals surface area contributed by atoms with Gasteiger partial charge in [0.05, 0.1) is 0 Å². The third-order valence-electron chi connectivity index (χ3n) is 4.62. The van der Waals surface area contributed by atoms with Gasteiger partial charge in [-0.3, -0.25) is 9.59 Å². The van der Waals surface area contributed by atoms with Crippen LogP contribution in [-0.4, -0.2) is 17.3 Å². The fraction of sp³-hybridized carbons (Fsp3) is 0.200. The fourth-order valence-corrected chi connectivity index (χ4v) is 3.11. The smallest absolute Gasteiger partial charge is 0.255 e. The lowest BCUT2D eigenvalue weighted by Gasteiger charge is -2.13. The highest BCUT2D eigenvalue weighted by Gasteiger charge is 2.17. The van der Waals surface area contributed by atoms with Gasteiger partial charge in [-0.05, 0) is 61.0 Å². The molecule has 0 bridgehead atoms. The highest BCUT2D eigenvalue weighted by atomic mass is 16.1. The largest absolute Gasteiger partial charge is 0.330 e. The Bertz CT molecular complexity index is 987. The number of hydrogen-bond acceptors (Lipinski definition) is 3. The van der Waals surface area contributed by atoms with Gasteiger partial charge >= 0.3 is 0 Å². The van der Waals surface area contributed by atoms with Gasteiger partial charge < -0.3 is 10.7 Å². The molecule has 0 saturated heterocycles. The Morgan fingerprint density at radius 2 is 1.79 bits per heavy atom. The number of carbonyl (C=O) groups is 1. The molecule has 3 rings (SSSR count). The molecule has 122 valence electrons. The molecule has 0 amide bonds. The highest BCUT2D eigenvalue weighted by molar-refractivity contribution is 6.17. The summed E-state index contributed by atoms with van der Waals surface area (Å²) in [6.45, 7) is 4.56. The van der Waals surface area contributed by atoms with Gasteiger partial charge in [0.2, 0.25) is 0 Å². The van der Waals surface area contributed by atoms with E-state index in [9.17, 15) is 9.59 Å². The third-order valence-corrected chi connectivity index (χ3v) is 4.62. The van der Waals surface area contributed by atoms with Crippen LogP contribution >= 0.6 is 0 Å². The minimum atomic E-state index is -0.187. The summed E-state index contributed by atoms with van der Waals surface area (Å²) in [5, 5.41) is 1.20. The molecule has 0 aliphatic heterocycles. The van der Waals surface area contributed by atoms with E-state index in [1.54, 1.807) is 30.5 Å². The van der Waals surface area contributed by atoms with Gasteiger partial charge in [0.1, 0.15) is 0 Å². The number of nitrogens with one attached hydrogen (secondary N) is 1. The molecule has 2 aromatic carbocycles. The number of pyridine rings is 1. The molecular formula is C20H20N2O2. The Balaban J connectivity index is 2.16. The highest BCUT2D eigenvalue weighted by Crippen LogP contribution is 2.24. The average molecular weight is 320 g/mol. The van der Waals surface area contributed by atoms with Crippen molar-refractivity contribution in [1.82, 2.24) is 4.98 Å². The summed E-state index contributed by atoms with van der Waals surface area (Å²) < 4.78 is 0. The number of nitrogens with two attached hydrogens (primary N) is 1. The second-order valence-corrected chi connectivity index (χ2v) is 5.96. The second kappa shape index (κ2) is 6.42. The predicted molar refractivity (Wildman–Crippen MR) is 96.7 cm³/mol. The zero-order valence-electron chi connectivity index (χ0n) is 13.8. The van der Waals surface area contributed by atoms with E-state index in [1.165, 1.54) is 5.56 Å². The monoisotopic (exact) mass is 320 g/mol. The van der Waals surface area contributed by atoms with Crippen molar-refractivity contribution in [2.75, 3.05) is 6.54 Å². The van der Waals surface area contributed by atoms with E-state index >= 15 is 0 Å². The molecule has 3 aromatic rings. The number of aromatic amines is 1. The van der Waals surface area contributed by atoms with E-state index in [1.807, 2.05) is 26.0 Å². The van der Waals surface area contributed by atoms with Crippen LogP contribution in [0.3, 0.4) is 0 Å². The van der Waals surface area contributed by atoms with Crippen LogP contribution in [0.4, 0.5) is 0 Å². The summed E-state index contributed by atoms with van der Waals surface area (Å²) in [5.74, 6) is -0.0638. The van der Waals surface area contributed by atoms with Crippen LogP contribution in [0.25, 0.3) is 10.8 Å². The molecule has 4 heteroatoms. The van der Waals surface area contributed by atoms with Crippen LogP contribution in [-0.2, 0) is 6.42 Å². The molecule has 4 nitrogen and oxygen atoms in total. The maximum Gasteiger partial charge on any atom is 0.255 e. The van der Waals surface area contributed by atoms with Crippen molar-refractivity contribution >= 4 is 16.6 Å². The number of benzene rings is 2. The first kappa shape index (κ1) is 16.1. The Morgan fingerprint density at radius 3 is 2.54 bits per heavy atom. The summed E-state index contributed by atoms with van der Waals surface area (Å²) in [4.78, 5) is 27.7. The standard InChI is InChI=1S/C20H20N2O2/c1-12-13(2)15(7-6-14(12)8-10-21)19(23)17-4-3-5-18-16(17)9-11-22-20(18)24/h3-7,9,11H,8,10,21H2,1-2H3,(H,22,24). The number of hydrogen-bond donors (Lipinski definition) is 2. The van der Waals surface area contributed by atoms with Crippen molar-refractivity contribution in [3.8, 4) is 0 Å². The fourth-order valence-electron chi connectivity index (χ4n) is 3.11. The Kier molecular flexibility index (Phi) is 4.32. The molecule has 0 aliphatic rings. The molecule has 3 N–H and O–H groups in total. The summed E-state index contributed by atoms with van der Waals surface area (Å²) in [5.41, 5.74) is 9.91. The lowest BCUT2D eigenvalue weighted by atomic mass is 9.90. The van der Waals surface area contributed by atoms with Crippen LogP contribution in [0.5, 0.6) is 0 Å². The normalized spacial score (nSPS) is 11.0. The van der Waals surface area contributed by atoms with E-state index < -0.39 is 0 Å². The summed E-state index contributed by atoms with van der Waals surface area (Å²) in [7, 11) is 0. The molecule has 0 unspecified atom stereocenters. The first-order valence-corrected chi connectivity index (χ1v) is 7.99. The van der Waals surface area contributed by atoms with Crippen molar-refractivity contribution in [1.29, 1.82) is 0 Å². The van der Waals surface area contributed by atoms with Crippen LogP contribution in [0.2, 0.25) is 0 Å². The zero-order chi connectivity index (χ0) is 17.3. The number of carbonyl (C=O) groups excluding carboxylic acids is 1.